The van der Waals surface area contributed by atoms with E-state index in [1.807, 2.05) is 11.8 Å². The summed E-state index contributed by atoms with van der Waals surface area (Å²) in [5.74, 6) is -0.0989. The number of thioether (sulfide) groups is 1. The van der Waals surface area contributed by atoms with E-state index in [2.05, 4.69) is 26.6 Å². The zero-order valence-corrected chi connectivity index (χ0v) is 41.6. The van der Waals surface area contributed by atoms with Crippen molar-refractivity contribution in [2.24, 2.45) is 0 Å². The summed E-state index contributed by atoms with van der Waals surface area (Å²) in [5, 5.41) is 142. The SMILES string of the molecule is CC(=O)N[C@H]1[C@@H](OCCCCCC(=O)NCCNC(=O)CCCC[C@@H]2SC[C@@H]3NC(=O)N[C@@H]32)O[C@H](CO)[C@H](O)[C@@H]1O[C@@H]1O[C@H](CO)[C@H](O)[C@H](O[C@@H]2O[C@H](CO)[C@H](O[C@H]3O[C@H](CO)[C@H](O)[C@H](O)[C@H]3O)[C@H](O)[C@H]2O)[C@H]1O. The van der Waals surface area contributed by atoms with E-state index in [9.17, 15) is 80.5 Å². The number of carbonyl (C=O) groups is 4. The number of fused-ring (bicyclic) bond motifs is 1. The molecule has 0 aromatic carbocycles. The smallest absolute Gasteiger partial charge is 0.315 e. The van der Waals surface area contributed by atoms with E-state index in [0.29, 0.717) is 37.4 Å². The second kappa shape index (κ2) is 28.7. The van der Waals surface area contributed by atoms with Gasteiger partial charge in [0, 0.05) is 50.5 Å². The average Bonchev–Trinajstić information content (AvgIpc) is 3.94. The number of ether oxygens (including phenoxy) is 8. The summed E-state index contributed by atoms with van der Waals surface area (Å²) < 4.78 is 45.8. The van der Waals surface area contributed by atoms with E-state index >= 15 is 0 Å². The van der Waals surface area contributed by atoms with Crippen LogP contribution in [-0.4, -0.2) is 277 Å². The van der Waals surface area contributed by atoms with E-state index < -0.39 is 155 Å². The maximum Gasteiger partial charge on any atom is 0.315 e. The van der Waals surface area contributed by atoms with Crippen molar-refractivity contribution < 1.29 is 118 Å². The Balaban J connectivity index is 0.957. The molecule has 6 aliphatic rings. The third-order valence-electron chi connectivity index (χ3n) is 13.8. The minimum atomic E-state index is -2.10. The van der Waals surface area contributed by atoms with Crippen molar-refractivity contribution in [1.29, 1.82) is 0 Å². The second-order valence-electron chi connectivity index (χ2n) is 19.1. The number of unbranched alkanes of at least 4 members (excludes halogenated alkanes) is 3. The van der Waals surface area contributed by atoms with Gasteiger partial charge in [-0.15, -0.1) is 0 Å². The molecule has 426 valence electrons. The Labute approximate surface area is 429 Å². The van der Waals surface area contributed by atoms with Crippen molar-refractivity contribution in [1.82, 2.24) is 26.6 Å². The van der Waals surface area contributed by atoms with Crippen LogP contribution in [0.5, 0.6) is 0 Å². The van der Waals surface area contributed by atoms with Gasteiger partial charge in [0.25, 0.3) is 0 Å². The molecule has 6 heterocycles. The molecule has 6 aliphatic heterocycles. The molecule has 0 spiro atoms. The number of aliphatic hydroxyl groups excluding tert-OH is 12. The van der Waals surface area contributed by atoms with Gasteiger partial charge in [0.2, 0.25) is 17.7 Å². The van der Waals surface area contributed by atoms with Gasteiger partial charge >= 0.3 is 6.03 Å². The molecule has 0 aromatic heterocycles. The molecule has 0 aromatic rings. The van der Waals surface area contributed by atoms with Crippen molar-refractivity contribution in [2.75, 3.05) is 51.9 Å². The Kier molecular flexibility index (Phi) is 23.5. The van der Waals surface area contributed by atoms with Crippen LogP contribution in [0.1, 0.15) is 58.3 Å². The lowest BCUT2D eigenvalue weighted by atomic mass is 9.94. The summed E-state index contributed by atoms with van der Waals surface area (Å²) >= 11 is 1.83. The number of rotatable bonds is 26. The first-order valence-electron chi connectivity index (χ1n) is 25.0. The quantitative estimate of drug-likeness (QED) is 0.0283. The van der Waals surface area contributed by atoms with Gasteiger partial charge in [-0.05, 0) is 25.7 Å². The highest BCUT2D eigenvalue weighted by Crippen LogP contribution is 2.36. The predicted molar refractivity (Wildman–Crippen MR) is 248 cm³/mol. The van der Waals surface area contributed by atoms with Gasteiger partial charge in [-0.3, -0.25) is 14.4 Å². The molecule has 0 bridgehead atoms. The van der Waals surface area contributed by atoms with Crippen LogP contribution in [0.4, 0.5) is 4.79 Å². The third-order valence-corrected chi connectivity index (χ3v) is 15.3. The van der Waals surface area contributed by atoms with Crippen LogP contribution in [0.2, 0.25) is 0 Å². The molecule has 0 saturated carbocycles. The minimum Gasteiger partial charge on any atom is -0.394 e. The zero-order valence-electron chi connectivity index (χ0n) is 40.8. The maximum atomic E-state index is 12.5. The van der Waals surface area contributed by atoms with Crippen LogP contribution in [0.3, 0.4) is 0 Å². The molecular formula is C44H75N5O24S. The maximum absolute atomic E-state index is 12.5. The first-order chi connectivity index (χ1) is 35.4. The fourth-order valence-corrected chi connectivity index (χ4v) is 11.2. The average molecular weight is 1090 g/mol. The number of hydrogen-bond donors (Lipinski definition) is 17. The van der Waals surface area contributed by atoms with Crippen LogP contribution in [0, 0.1) is 0 Å². The molecule has 29 nitrogen and oxygen atoms in total. The lowest BCUT2D eigenvalue weighted by Crippen LogP contribution is -2.69. The first kappa shape index (κ1) is 60.5. The van der Waals surface area contributed by atoms with Crippen LogP contribution < -0.4 is 26.6 Å². The third kappa shape index (κ3) is 15.3. The van der Waals surface area contributed by atoms with Gasteiger partial charge in [-0.25, -0.2) is 4.79 Å². The van der Waals surface area contributed by atoms with Crippen LogP contribution in [0.25, 0.3) is 0 Å². The monoisotopic (exact) mass is 1090 g/mol. The van der Waals surface area contributed by atoms with Crippen molar-refractivity contribution in [2.45, 2.75) is 198 Å². The number of urea groups is 1. The number of carbonyl (C=O) groups excluding carboxylic acids is 4. The predicted octanol–water partition coefficient (Wildman–Crippen LogP) is -8.06. The summed E-state index contributed by atoms with van der Waals surface area (Å²) in [5.41, 5.74) is 0. The van der Waals surface area contributed by atoms with Crippen LogP contribution in [0.15, 0.2) is 0 Å². The summed E-state index contributed by atoms with van der Waals surface area (Å²) in [6.07, 6.45) is -29.3. The molecule has 23 atom stereocenters. The van der Waals surface area contributed by atoms with Crippen molar-refractivity contribution in [3.05, 3.63) is 0 Å². The summed E-state index contributed by atoms with van der Waals surface area (Å²) in [4.78, 5) is 48.9. The molecule has 74 heavy (non-hydrogen) atoms. The standard InChI is InChI=1S/C44H75N5O24S/c1-18(54)47-28-38(30(58)21(14-51)67-40(28)66-12-6-2-3-8-25(55)45-10-11-46-26(56)9-5-4-7-24-27-19(17-74-24)48-44(65)49-27)72-43-36(64)39(31(59)22(15-52)69-43)73-42-35(63)33(61)37(23(16-53)70-42)71-41-34(62)32(60)29(57)20(13-50)68-41/h19-24,27-43,50-53,57-64H,2-17H2,1H3,(H,45,55)(H,46,56)(H,47,54)(H2,48,49,65)/t19-,20+,21+,22+,23+,24-,27-,28+,29-,30-,31-,32-,33+,34+,35+,36+,37-,38+,39-,40-,41+,42-,43-/m0/s1. The summed E-state index contributed by atoms with van der Waals surface area (Å²) in [7, 11) is 0. The second-order valence-corrected chi connectivity index (χ2v) is 20.4. The van der Waals surface area contributed by atoms with Gasteiger partial charge in [0.15, 0.2) is 25.2 Å². The van der Waals surface area contributed by atoms with E-state index in [1.165, 1.54) is 0 Å². The van der Waals surface area contributed by atoms with Gasteiger partial charge in [0.1, 0.15) is 97.6 Å². The first-order valence-corrected chi connectivity index (χ1v) is 26.0. The highest BCUT2D eigenvalue weighted by molar-refractivity contribution is 8.00. The molecule has 17 N–H and O–H groups in total. The molecule has 6 rings (SSSR count). The van der Waals surface area contributed by atoms with E-state index in [-0.39, 0.29) is 56.0 Å². The van der Waals surface area contributed by atoms with E-state index in [1.54, 1.807) is 0 Å². The molecule has 0 aliphatic carbocycles. The Morgan fingerprint density at radius 3 is 1.70 bits per heavy atom. The summed E-state index contributed by atoms with van der Waals surface area (Å²) in [6.45, 7) is -1.79. The molecule has 0 unspecified atom stereocenters. The molecule has 5 amide bonds. The van der Waals surface area contributed by atoms with Crippen molar-refractivity contribution in [3.8, 4) is 0 Å². The highest BCUT2D eigenvalue weighted by Gasteiger charge is 2.56. The van der Waals surface area contributed by atoms with Crippen LogP contribution >= 0.6 is 11.8 Å². The summed E-state index contributed by atoms with van der Waals surface area (Å²) in [6, 6.07) is -1.20. The highest BCUT2D eigenvalue weighted by atomic mass is 32.2. The van der Waals surface area contributed by atoms with Gasteiger partial charge in [0.05, 0.1) is 38.5 Å². The number of nitrogens with one attached hydrogen (secondary N) is 5. The normalized spacial score (nSPS) is 41.2. The number of amides is 5. The minimum absolute atomic E-state index is 0.000205. The Morgan fingerprint density at radius 1 is 0.581 bits per heavy atom. The number of aliphatic hydroxyl groups is 12. The van der Waals surface area contributed by atoms with Crippen molar-refractivity contribution in [3.63, 3.8) is 0 Å². The lowest BCUT2D eigenvalue weighted by Gasteiger charge is -2.49. The van der Waals surface area contributed by atoms with Crippen LogP contribution in [-0.2, 0) is 52.3 Å². The molecular weight excluding hydrogens is 1010 g/mol. The van der Waals surface area contributed by atoms with Gasteiger partial charge in [-0.1, -0.05) is 12.8 Å². The molecule has 6 saturated heterocycles. The van der Waals surface area contributed by atoms with Crippen molar-refractivity contribution >= 4 is 35.5 Å². The zero-order chi connectivity index (χ0) is 53.8. The van der Waals surface area contributed by atoms with E-state index in [0.717, 1.165) is 25.5 Å². The topological polar surface area (TPSA) is 445 Å². The Hall–Kier alpha value is -2.77. The Morgan fingerprint density at radius 2 is 1.09 bits per heavy atom. The number of hydrogen-bond acceptors (Lipinski definition) is 25. The molecule has 30 heteroatoms. The Bertz CT molecular complexity index is 1790. The molecule has 0 radical (unpaired) electrons. The van der Waals surface area contributed by atoms with Gasteiger partial charge < -0.3 is 126 Å². The van der Waals surface area contributed by atoms with E-state index in [4.69, 9.17) is 37.9 Å². The lowest BCUT2D eigenvalue weighted by molar-refractivity contribution is -0.386. The van der Waals surface area contributed by atoms with Gasteiger partial charge in [-0.2, -0.15) is 11.8 Å². The largest absolute Gasteiger partial charge is 0.394 e. The fourth-order valence-electron chi connectivity index (χ4n) is 9.68. The fraction of sp³-hybridized carbons (Fsp3) is 0.909. The molecule has 6 fully saturated rings.